The van der Waals surface area contributed by atoms with Gasteiger partial charge in [0.05, 0.1) is 13.2 Å². The highest BCUT2D eigenvalue weighted by atomic mass is 19.1. The first-order valence-electron chi connectivity index (χ1n) is 6.52. The zero-order chi connectivity index (χ0) is 12.8. The molecule has 18 heavy (non-hydrogen) atoms. The first-order chi connectivity index (χ1) is 8.83. The van der Waals surface area contributed by atoms with Gasteiger partial charge in [0.1, 0.15) is 5.82 Å². The van der Waals surface area contributed by atoms with Gasteiger partial charge in [0, 0.05) is 12.6 Å². The fourth-order valence-corrected chi connectivity index (χ4v) is 2.44. The quantitative estimate of drug-likeness (QED) is 0.728. The number of aliphatic hydroxyl groups is 1. The Balaban J connectivity index is 1.75. The van der Waals surface area contributed by atoms with E-state index in [-0.39, 0.29) is 18.5 Å². The molecule has 1 aromatic rings. The second-order valence-corrected chi connectivity index (χ2v) is 4.54. The summed E-state index contributed by atoms with van der Waals surface area (Å²) in [5.74, 6) is -0.0805. The van der Waals surface area contributed by atoms with Crippen molar-refractivity contribution in [1.29, 1.82) is 0 Å². The van der Waals surface area contributed by atoms with Crippen molar-refractivity contribution in [2.24, 2.45) is 0 Å². The average Bonchev–Trinajstić information content (AvgIpc) is 2.79. The van der Waals surface area contributed by atoms with E-state index in [0.29, 0.717) is 13.2 Å². The Kier molecular flexibility index (Phi) is 5.11. The number of fused-ring (bicyclic) bond motifs is 1. The Hall–Kier alpha value is -0.970. The van der Waals surface area contributed by atoms with E-state index < -0.39 is 0 Å². The molecule has 0 spiro atoms. The third-order valence-electron chi connectivity index (χ3n) is 3.31. The van der Waals surface area contributed by atoms with E-state index >= 15 is 0 Å². The molecule has 0 fully saturated rings. The maximum absolute atomic E-state index is 13.5. The van der Waals surface area contributed by atoms with E-state index in [9.17, 15) is 4.39 Å². The zero-order valence-corrected chi connectivity index (χ0v) is 10.5. The smallest absolute Gasteiger partial charge is 0.126 e. The van der Waals surface area contributed by atoms with E-state index in [2.05, 4.69) is 5.32 Å². The van der Waals surface area contributed by atoms with Gasteiger partial charge in [-0.25, -0.2) is 4.39 Å². The summed E-state index contributed by atoms with van der Waals surface area (Å²) in [5.41, 5.74) is 1.97. The van der Waals surface area contributed by atoms with Crippen molar-refractivity contribution in [1.82, 2.24) is 5.32 Å². The van der Waals surface area contributed by atoms with Crippen LogP contribution in [0.3, 0.4) is 0 Å². The Morgan fingerprint density at radius 3 is 3.11 bits per heavy atom. The molecule has 0 heterocycles. The molecule has 0 radical (unpaired) electrons. The third-order valence-corrected chi connectivity index (χ3v) is 3.31. The van der Waals surface area contributed by atoms with Gasteiger partial charge in [-0.15, -0.1) is 0 Å². The molecule has 2 N–H and O–H groups in total. The van der Waals surface area contributed by atoms with Crippen LogP contribution in [0.25, 0.3) is 0 Å². The number of hydrogen-bond acceptors (Lipinski definition) is 3. The van der Waals surface area contributed by atoms with Crippen LogP contribution in [0.5, 0.6) is 0 Å². The van der Waals surface area contributed by atoms with Crippen molar-refractivity contribution in [2.45, 2.75) is 25.3 Å². The van der Waals surface area contributed by atoms with E-state index in [1.807, 2.05) is 6.07 Å². The van der Waals surface area contributed by atoms with Gasteiger partial charge in [0.15, 0.2) is 0 Å². The van der Waals surface area contributed by atoms with E-state index in [1.54, 1.807) is 6.07 Å². The first kappa shape index (κ1) is 13.5. The lowest BCUT2D eigenvalue weighted by Crippen LogP contribution is -2.21. The lowest BCUT2D eigenvalue weighted by atomic mass is 10.1. The summed E-state index contributed by atoms with van der Waals surface area (Å²) in [7, 11) is 0. The molecular weight excluding hydrogens is 233 g/mol. The molecule has 100 valence electrons. The molecule has 1 aromatic carbocycles. The molecule has 1 aliphatic rings. The SMILES string of the molecule is OCCOCCCNC1CCc2c(F)cccc21. The number of nitrogens with one attached hydrogen (secondary N) is 1. The lowest BCUT2D eigenvalue weighted by Gasteiger charge is -2.14. The normalized spacial score (nSPS) is 18.0. The summed E-state index contributed by atoms with van der Waals surface area (Å²) in [6.45, 7) is 1.97. The summed E-state index contributed by atoms with van der Waals surface area (Å²) in [6, 6.07) is 5.59. The monoisotopic (exact) mass is 253 g/mol. The van der Waals surface area contributed by atoms with Crippen molar-refractivity contribution < 1.29 is 14.2 Å². The van der Waals surface area contributed by atoms with Crippen LogP contribution in [0.2, 0.25) is 0 Å². The molecular formula is C14H20FNO2. The maximum atomic E-state index is 13.5. The van der Waals surface area contributed by atoms with Gasteiger partial charge in [-0.3, -0.25) is 0 Å². The molecule has 2 rings (SSSR count). The van der Waals surface area contributed by atoms with Gasteiger partial charge in [-0.1, -0.05) is 12.1 Å². The zero-order valence-electron chi connectivity index (χ0n) is 10.5. The molecule has 0 bridgehead atoms. The van der Waals surface area contributed by atoms with Crippen molar-refractivity contribution in [3.05, 3.63) is 35.1 Å². The summed E-state index contributed by atoms with van der Waals surface area (Å²) in [6.07, 6.45) is 2.69. The Morgan fingerprint density at radius 1 is 1.39 bits per heavy atom. The molecule has 0 saturated heterocycles. The Morgan fingerprint density at radius 2 is 2.28 bits per heavy atom. The van der Waals surface area contributed by atoms with Gasteiger partial charge >= 0.3 is 0 Å². The molecule has 0 amide bonds. The predicted octanol–water partition coefficient (Wildman–Crippen LogP) is 1.80. The van der Waals surface area contributed by atoms with Crippen LogP contribution in [0, 0.1) is 5.82 Å². The van der Waals surface area contributed by atoms with Crippen molar-refractivity contribution in [3.63, 3.8) is 0 Å². The van der Waals surface area contributed by atoms with Crippen LogP contribution >= 0.6 is 0 Å². The van der Waals surface area contributed by atoms with E-state index in [4.69, 9.17) is 9.84 Å². The first-order valence-corrected chi connectivity index (χ1v) is 6.52. The predicted molar refractivity (Wildman–Crippen MR) is 68.0 cm³/mol. The number of rotatable bonds is 7. The molecule has 1 unspecified atom stereocenters. The van der Waals surface area contributed by atoms with Crippen LogP contribution in [0.4, 0.5) is 4.39 Å². The van der Waals surface area contributed by atoms with Gasteiger partial charge in [-0.2, -0.15) is 0 Å². The maximum Gasteiger partial charge on any atom is 0.126 e. The van der Waals surface area contributed by atoms with Crippen LogP contribution in [-0.2, 0) is 11.2 Å². The van der Waals surface area contributed by atoms with Gasteiger partial charge < -0.3 is 15.2 Å². The molecule has 0 aliphatic heterocycles. The molecule has 0 aromatic heterocycles. The minimum Gasteiger partial charge on any atom is -0.394 e. The van der Waals surface area contributed by atoms with Crippen LogP contribution in [0.1, 0.15) is 30.0 Å². The second-order valence-electron chi connectivity index (χ2n) is 4.54. The number of aliphatic hydroxyl groups excluding tert-OH is 1. The fourth-order valence-electron chi connectivity index (χ4n) is 2.44. The largest absolute Gasteiger partial charge is 0.394 e. The highest BCUT2D eigenvalue weighted by molar-refractivity contribution is 5.35. The molecule has 1 atom stereocenters. The van der Waals surface area contributed by atoms with Crippen LogP contribution in [-0.4, -0.2) is 31.5 Å². The van der Waals surface area contributed by atoms with E-state index in [1.165, 1.54) is 6.07 Å². The van der Waals surface area contributed by atoms with Gasteiger partial charge in [0.25, 0.3) is 0 Å². The summed E-state index contributed by atoms with van der Waals surface area (Å²) < 4.78 is 18.7. The molecule has 1 aliphatic carbocycles. The van der Waals surface area contributed by atoms with Crippen LogP contribution in [0.15, 0.2) is 18.2 Å². The molecule has 4 heteroatoms. The average molecular weight is 253 g/mol. The van der Waals surface area contributed by atoms with Gasteiger partial charge in [-0.05, 0) is 43.0 Å². The van der Waals surface area contributed by atoms with Crippen molar-refractivity contribution in [3.8, 4) is 0 Å². The topological polar surface area (TPSA) is 41.5 Å². The van der Waals surface area contributed by atoms with Crippen LogP contribution < -0.4 is 5.32 Å². The fraction of sp³-hybridized carbons (Fsp3) is 0.571. The number of benzene rings is 1. The van der Waals surface area contributed by atoms with E-state index in [0.717, 1.165) is 36.9 Å². The minimum absolute atomic E-state index is 0.0721. The number of halogens is 1. The van der Waals surface area contributed by atoms with Crippen molar-refractivity contribution in [2.75, 3.05) is 26.4 Å². The second kappa shape index (κ2) is 6.83. The number of ether oxygens (including phenoxy) is 1. The standard InChI is InChI=1S/C14H20FNO2/c15-13-4-1-3-12-11(13)5-6-14(12)16-7-2-9-18-10-8-17/h1,3-4,14,16-17H,2,5-10H2. The lowest BCUT2D eigenvalue weighted by molar-refractivity contribution is 0.0904. The number of hydrogen-bond donors (Lipinski definition) is 2. The minimum atomic E-state index is -0.0805. The van der Waals surface area contributed by atoms with Crippen molar-refractivity contribution >= 4 is 0 Å². The highest BCUT2D eigenvalue weighted by Gasteiger charge is 2.23. The summed E-state index contributed by atoms with van der Waals surface area (Å²) in [4.78, 5) is 0. The van der Waals surface area contributed by atoms with Gasteiger partial charge in [0.2, 0.25) is 0 Å². The third kappa shape index (κ3) is 3.28. The summed E-state index contributed by atoms with van der Waals surface area (Å²) in [5, 5.41) is 12.0. The molecule has 0 saturated carbocycles. The summed E-state index contributed by atoms with van der Waals surface area (Å²) >= 11 is 0. The molecule has 3 nitrogen and oxygen atoms in total. The highest BCUT2D eigenvalue weighted by Crippen LogP contribution is 2.32. The Bertz CT molecular complexity index is 384. The Labute approximate surface area is 107 Å².